The van der Waals surface area contributed by atoms with Crippen LogP contribution in [0, 0.1) is 5.82 Å². The Kier molecular flexibility index (Phi) is 4.63. The van der Waals surface area contributed by atoms with Crippen molar-refractivity contribution in [1.82, 2.24) is 5.32 Å². The minimum absolute atomic E-state index is 0.0600. The van der Waals surface area contributed by atoms with Gasteiger partial charge in [-0.05, 0) is 42.1 Å². The molecule has 1 fully saturated rings. The van der Waals surface area contributed by atoms with Gasteiger partial charge in [0.05, 0.1) is 16.2 Å². The first-order valence-electron chi connectivity index (χ1n) is 7.04. The number of nitrogens with one attached hydrogen (secondary N) is 1. The molecular formula is C17H10F4N2OS. The van der Waals surface area contributed by atoms with Gasteiger partial charge in [-0.15, -0.1) is 0 Å². The van der Waals surface area contributed by atoms with E-state index < -0.39 is 23.5 Å². The van der Waals surface area contributed by atoms with E-state index in [1.165, 1.54) is 36.4 Å². The summed E-state index contributed by atoms with van der Waals surface area (Å²) in [6.45, 7) is 0. The smallest absolute Gasteiger partial charge is 0.300 e. The molecule has 0 spiro atoms. The van der Waals surface area contributed by atoms with Gasteiger partial charge in [0.2, 0.25) is 0 Å². The van der Waals surface area contributed by atoms with Crippen LogP contribution in [-0.4, -0.2) is 11.1 Å². The summed E-state index contributed by atoms with van der Waals surface area (Å²) in [6.07, 6.45) is -3.11. The molecule has 0 atom stereocenters. The Bertz CT molecular complexity index is 890. The van der Waals surface area contributed by atoms with Gasteiger partial charge >= 0.3 is 6.18 Å². The molecule has 2 aromatic rings. The van der Waals surface area contributed by atoms with Crippen molar-refractivity contribution in [2.24, 2.45) is 4.99 Å². The van der Waals surface area contributed by atoms with Crippen molar-refractivity contribution in [3.05, 3.63) is 70.4 Å². The number of amidine groups is 1. The summed E-state index contributed by atoms with van der Waals surface area (Å²) in [7, 11) is 0. The molecule has 1 aliphatic heterocycles. The summed E-state index contributed by atoms with van der Waals surface area (Å²) in [4.78, 5) is 16.1. The Morgan fingerprint density at radius 1 is 1.08 bits per heavy atom. The van der Waals surface area contributed by atoms with E-state index in [1.807, 2.05) is 0 Å². The maximum absolute atomic E-state index is 13.6. The third-order valence-corrected chi connectivity index (χ3v) is 4.16. The molecule has 0 aromatic heterocycles. The number of hydrogen-bond donors (Lipinski definition) is 1. The number of halogens is 4. The zero-order valence-corrected chi connectivity index (χ0v) is 13.3. The maximum Gasteiger partial charge on any atom is 0.416 e. The molecule has 1 amide bonds. The molecule has 0 aliphatic carbocycles. The number of rotatable bonds is 2. The second-order valence-corrected chi connectivity index (χ2v) is 6.08. The number of carbonyl (C=O) groups excluding carboxylic acids is 1. The molecule has 0 saturated carbocycles. The van der Waals surface area contributed by atoms with Crippen LogP contribution in [0.15, 0.2) is 58.4 Å². The first-order chi connectivity index (χ1) is 11.8. The van der Waals surface area contributed by atoms with Crippen LogP contribution in [-0.2, 0) is 11.0 Å². The molecule has 128 valence electrons. The lowest BCUT2D eigenvalue weighted by atomic mass is 10.2. The molecule has 1 N–H and O–H groups in total. The number of alkyl halides is 3. The lowest BCUT2D eigenvalue weighted by Crippen LogP contribution is -2.19. The van der Waals surface area contributed by atoms with Crippen molar-refractivity contribution in [2.75, 3.05) is 0 Å². The fourth-order valence-electron chi connectivity index (χ4n) is 2.08. The summed E-state index contributed by atoms with van der Waals surface area (Å²) in [5.74, 6) is -0.967. The minimum atomic E-state index is -4.47. The molecule has 8 heteroatoms. The van der Waals surface area contributed by atoms with Gasteiger partial charge in [-0.25, -0.2) is 9.38 Å². The molecule has 1 saturated heterocycles. The molecule has 1 heterocycles. The van der Waals surface area contributed by atoms with E-state index in [1.54, 1.807) is 6.07 Å². The molecule has 0 radical (unpaired) electrons. The first-order valence-corrected chi connectivity index (χ1v) is 7.86. The van der Waals surface area contributed by atoms with Crippen LogP contribution in [0.25, 0.3) is 6.08 Å². The van der Waals surface area contributed by atoms with Crippen molar-refractivity contribution < 1.29 is 22.4 Å². The highest BCUT2D eigenvalue weighted by Crippen LogP contribution is 2.33. The Labute approximate surface area is 144 Å². The van der Waals surface area contributed by atoms with E-state index in [0.717, 1.165) is 23.9 Å². The van der Waals surface area contributed by atoms with Crippen molar-refractivity contribution in [1.29, 1.82) is 0 Å². The number of aliphatic imine (C=N–C) groups is 1. The predicted molar refractivity (Wildman–Crippen MR) is 88.6 cm³/mol. The monoisotopic (exact) mass is 366 g/mol. The molecular weight excluding hydrogens is 356 g/mol. The maximum atomic E-state index is 13.6. The summed E-state index contributed by atoms with van der Waals surface area (Å²) in [5.41, 5.74) is -0.531. The largest absolute Gasteiger partial charge is 0.416 e. The summed E-state index contributed by atoms with van der Waals surface area (Å²) in [6, 6.07) is 10.4. The van der Waals surface area contributed by atoms with E-state index in [4.69, 9.17) is 0 Å². The molecule has 2 aromatic carbocycles. The molecule has 0 bridgehead atoms. The number of amides is 1. The molecule has 3 nitrogen and oxygen atoms in total. The molecule has 25 heavy (non-hydrogen) atoms. The minimum Gasteiger partial charge on any atom is -0.300 e. The van der Waals surface area contributed by atoms with E-state index >= 15 is 0 Å². The molecule has 0 unspecified atom stereocenters. The van der Waals surface area contributed by atoms with Gasteiger partial charge < -0.3 is 5.32 Å². The van der Waals surface area contributed by atoms with Crippen LogP contribution in [0.2, 0.25) is 0 Å². The molecule has 3 rings (SSSR count). The zero-order chi connectivity index (χ0) is 18.0. The predicted octanol–water partition coefficient (Wildman–Crippen LogP) is 4.74. The van der Waals surface area contributed by atoms with Crippen molar-refractivity contribution in [3.8, 4) is 0 Å². The zero-order valence-electron chi connectivity index (χ0n) is 12.5. The number of thioether (sulfide) groups is 1. The normalized spacial score (nSPS) is 18.0. The first kappa shape index (κ1) is 17.2. The van der Waals surface area contributed by atoms with Crippen molar-refractivity contribution in [2.45, 2.75) is 6.18 Å². The second-order valence-electron chi connectivity index (χ2n) is 5.05. The summed E-state index contributed by atoms with van der Waals surface area (Å²) in [5, 5.41) is 2.58. The fraction of sp³-hybridized carbons (Fsp3) is 0.0588. The lowest BCUT2D eigenvalue weighted by Gasteiger charge is -2.06. The SMILES string of the molecule is O=C1NC(=Nc2cccc(C(F)(F)F)c2)S/C1=C\c1ccccc1F. The summed E-state index contributed by atoms with van der Waals surface area (Å²) < 4.78 is 51.8. The quantitative estimate of drug-likeness (QED) is 0.616. The van der Waals surface area contributed by atoms with Gasteiger partial charge in [0.25, 0.3) is 5.91 Å². The second kappa shape index (κ2) is 6.72. The standard InChI is InChI=1S/C17H10F4N2OS/c18-13-7-2-1-4-10(13)8-14-15(24)23-16(25-14)22-12-6-3-5-11(9-12)17(19,20)21/h1-9H,(H,22,23,24)/b14-8-. The number of carbonyl (C=O) groups is 1. The van der Waals surface area contributed by atoms with Crippen LogP contribution in [0.1, 0.15) is 11.1 Å². The number of hydrogen-bond acceptors (Lipinski definition) is 3. The van der Waals surface area contributed by atoms with Crippen LogP contribution in [0.4, 0.5) is 23.2 Å². The lowest BCUT2D eigenvalue weighted by molar-refractivity contribution is -0.137. The van der Waals surface area contributed by atoms with Crippen LogP contribution < -0.4 is 5.32 Å². The van der Waals surface area contributed by atoms with E-state index in [-0.39, 0.29) is 21.3 Å². The van der Waals surface area contributed by atoms with E-state index in [2.05, 4.69) is 10.3 Å². The topological polar surface area (TPSA) is 41.5 Å². The van der Waals surface area contributed by atoms with Crippen molar-refractivity contribution in [3.63, 3.8) is 0 Å². The van der Waals surface area contributed by atoms with E-state index in [0.29, 0.717) is 0 Å². The van der Waals surface area contributed by atoms with Crippen molar-refractivity contribution >= 4 is 34.6 Å². The fourth-order valence-corrected chi connectivity index (χ4v) is 2.92. The van der Waals surface area contributed by atoms with Crippen LogP contribution in [0.3, 0.4) is 0 Å². The number of nitrogens with zero attached hydrogens (tertiary/aromatic N) is 1. The van der Waals surface area contributed by atoms with Gasteiger partial charge in [0.1, 0.15) is 5.82 Å². The Morgan fingerprint density at radius 2 is 1.84 bits per heavy atom. The number of benzene rings is 2. The Hall–Kier alpha value is -2.61. The van der Waals surface area contributed by atoms with Crippen LogP contribution in [0.5, 0.6) is 0 Å². The third-order valence-electron chi connectivity index (χ3n) is 3.25. The average Bonchev–Trinajstić information content (AvgIpc) is 2.88. The van der Waals surface area contributed by atoms with Gasteiger partial charge in [0, 0.05) is 5.56 Å². The molecule has 1 aliphatic rings. The Morgan fingerprint density at radius 3 is 2.56 bits per heavy atom. The third kappa shape index (κ3) is 4.08. The van der Waals surface area contributed by atoms with Gasteiger partial charge in [0.15, 0.2) is 5.17 Å². The van der Waals surface area contributed by atoms with Gasteiger partial charge in [-0.3, -0.25) is 4.79 Å². The van der Waals surface area contributed by atoms with Gasteiger partial charge in [-0.2, -0.15) is 13.2 Å². The Balaban J connectivity index is 1.86. The highest BCUT2D eigenvalue weighted by Gasteiger charge is 2.30. The average molecular weight is 366 g/mol. The summed E-state index contributed by atoms with van der Waals surface area (Å²) >= 11 is 0.933. The van der Waals surface area contributed by atoms with E-state index in [9.17, 15) is 22.4 Å². The highest BCUT2D eigenvalue weighted by atomic mass is 32.2. The van der Waals surface area contributed by atoms with Gasteiger partial charge in [-0.1, -0.05) is 24.3 Å². The highest BCUT2D eigenvalue weighted by molar-refractivity contribution is 8.18. The van der Waals surface area contributed by atoms with Crippen LogP contribution >= 0.6 is 11.8 Å².